The molecule has 2 unspecified atom stereocenters. The second-order valence-electron chi connectivity index (χ2n) is 10.4. The highest BCUT2D eigenvalue weighted by Gasteiger charge is 2.42. The van der Waals surface area contributed by atoms with Crippen molar-refractivity contribution in [2.24, 2.45) is 0 Å². The van der Waals surface area contributed by atoms with Crippen molar-refractivity contribution in [2.45, 2.75) is 88.1 Å². The van der Waals surface area contributed by atoms with Gasteiger partial charge in [0.15, 0.2) is 0 Å². The molecular weight excluding hydrogens is 449 g/mol. The first kappa shape index (κ1) is 23.6. The Morgan fingerprint density at radius 2 is 1.73 bits per heavy atom. The predicted octanol–water partition coefficient (Wildman–Crippen LogP) is 3.89. The Labute approximate surface area is 198 Å². The second kappa shape index (κ2) is 9.47. The molecule has 0 bridgehead atoms. The van der Waals surface area contributed by atoms with E-state index in [1.54, 1.807) is 11.3 Å². The van der Waals surface area contributed by atoms with E-state index in [1.807, 2.05) is 6.92 Å². The number of hydrogen-bond donors (Lipinski definition) is 2. The van der Waals surface area contributed by atoms with Crippen LogP contribution in [0.15, 0.2) is 6.07 Å². The largest absolute Gasteiger partial charge is 0.401 e. The Balaban J connectivity index is 1.07. The zero-order valence-electron chi connectivity index (χ0n) is 19.3. The van der Waals surface area contributed by atoms with Gasteiger partial charge in [-0.3, -0.25) is 9.69 Å². The molecule has 1 aromatic heterocycles. The molecule has 2 aliphatic carbocycles. The quantitative estimate of drug-likeness (QED) is 0.617. The van der Waals surface area contributed by atoms with Crippen LogP contribution < -0.4 is 10.6 Å². The Bertz CT molecular complexity index is 839. The molecule has 2 saturated heterocycles. The highest BCUT2D eigenvalue weighted by molar-refractivity contribution is 7.12. The Morgan fingerprint density at radius 1 is 1.06 bits per heavy atom. The van der Waals surface area contributed by atoms with Crippen LogP contribution in [0.25, 0.3) is 0 Å². The zero-order chi connectivity index (χ0) is 23.2. The second-order valence-corrected chi connectivity index (χ2v) is 11.7. The molecule has 9 heteroatoms. The Morgan fingerprint density at radius 3 is 2.36 bits per heavy atom. The lowest BCUT2D eigenvalue weighted by molar-refractivity contribution is -0.148. The number of carbonyl (C=O) groups excluding carboxylic acids is 1. The van der Waals surface area contributed by atoms with Gasteiger partial charge < -0.3 is 15.5 Å². The van der Waals surface area contributed by atoms with Gasteiger partial charge >= 0.3 is 6.18 Å². The van der Waals surface area contributed by atoms with Gasteiger partial charge in [0.25, 0.3) is 5.91 Å². The maximum atomic E-state index is 12.9. The summed E-state index contributed by atoms with van der Waals surface area (Å²) in [7, 11) is 0. The summed E-state index contributed by atoms with van der Waals surface area (Å²) in [6.45, 7) is 4.31. The number of likely N-dealkylation sites (tertiary alicyclic amines) is 2. The number of rotatable bonds is 7. The minimum absolute atomic E-state index is 0.0541. The van der Waals surface area contributed by atoms with E-state index in [0.717, 1.165) is 22.9 Å². The van der Waals surface area contributed by atoms with Crippen LogP contribution in [0.2, 0.25) is 0 Å². The van der Waals surface area contributed by atoms with Gasteiger partial charge in [-0.25, -0.2) is 0 Å². The fourth-order valence-electron chi connectivity index (χ4n) is 5.53. The van der Waals surface area contributed by atoms with Crippen LogP contribution >= 0.6 is 11.3 Å². The standard InChI is InChI=1S/C24H35F3N4OS/c1-15-19(23(32)29-17-4-8-30(9-5-17)14-24(25,26)27)13-22(33-15)20-12-21(20)28-16-6-10-31(11-7-16)18-2-3-18/h13,16-18,20-21,28H,2-12,14H2,1H3,(H,29,32). The van der Waals surface area contributed by atoms with Crippen LogP contribution in [0.4, 0.5) is 13.2 Å². The predicted molar refractivity (Wildman–Crippen MR) is 124 cm³/mol. The summed E-state index contributed by atoms with van der Waals surface area (Å²) in [5.74, 6) is 0.421. The van der Waals surface area contributed by atoms with E-state index in [1.165, 1.54) is 48.5 Å². The molecule has 5 rings (SSSR count). The van der Waals surface area contributed by atoms with Crippen molar-refractivity contribution in [1.82, 2.24) is 20.4 Å². The van der Waals surface area contributed by atoms with Crippen LogP contribution in [-0.2, 0) is 0 Å². The van der Waals surface area contributed by atoms with E-state index in [-0.39, 0.29) is 11.9 Å². The van der Waals surface area contributed by atoms with E-state index in [9.17, 15) is 18.0 Å². The van der Waals surface area contributed by atoms with E-state index >= 15 is 0 Å². The average molecular weight is 485 g/mol. The highest BCUT2D eigenvalue weighted by atomic mass is 32.1. The van der Waals surface area contributed by atoms with Crippen molar-refractivity contribution in [3.8, 4) is 0 Å². The first-order valence-electron chi connectivity index (χ1n) is 12.5. The maximum Gasteiger partial charge on any atom is 0.401 e. The van der Waals surface area contributed by atoms with Crippen molar-refractivity contribution in [1.29, 1.82) is 0 Å². The van der Waals surface area contributed by atoms with Crippen LogP contribution in [0.1, 0.15) is 71.0 Å². The molecule has 4 fully saturated rings. The summed E-state index contributed by atoms with van der Waals surface area (Å²) in [6.07, 6.45) is 3.34. The lowest BCUT2D eigenvalue weighted by Crippen LogP contribution is -2.47. The molecule has 4 aliphatic rings. The van der Waals surface area contributed by atoms with Gasteiger partial charge in [-0.15, -0.1) is 11.3 Å². The average Bonchev–Trinajstić information content (AvgIpc) is 3.68. The van der Waals surface area contributed by atoms with Crippen LogP contribution in [0, 0.1) is 6.92 Å². The maximum absolute atomic E-state index is 12.9. The van der Waals surface area contributed by atoms with Crippen molar-refractivity contribution < 1.29 is 18.0 Å². The van der Waals surface area contributed by atoms with E-state index in [4.69, 9.17) is 0 Å². The van der Waals surface area contributed by atoms with E-state index < -0.39 is 12.7 Å². The first-order chi connectivity index (χ1) is 15.7. The van der Waals surface area contributed by atoms with Crippen molar-refractivity contribution in [2.75, 3.05) is 32.7 Å². The molecule has 1 amide bonds. The Kier molecular flexibility index (Phi) is 6.77. The van der Waals surface area contributed by atoms with Gasteiger partial charge in [0.1, 0.15) is 0 Å². The summed E-state index contributed by atoms with van der Waals surface area (Å²) >= 11 is 1.72. The molecule has 5 nitrogen and oxygen atoms in total. The van der Waals surface area contributed by atoms with Crippen molar-refractivity contribution >= 4 is 17.2 Å². The molecule has 33 heavy (non-hydrogen) atoms. The molecule has 1 aromatic rings. The summed E-state index contributed by atoms with van der Waals surface area (Å²) in [5, 5.41) is 6.93. The summed E-state index contributed by atoms with van der Waals surface area (Å²) in [5.41, 5.74) is 0.733. The number of alkyl halides is 3. The molecule has 0 spiro atoms. The number of piperidine rings is 2. The number of nitrogens with one attached hydrogen (secondary N) is 2. The van der Waals surface area contributed by atoms with Gasteiger partial charge in [-0.05, 0) is 71.0 Å². The third kappa shape index (κ3) is 6.10. The summed E-state index contributed by atoms with van der Waals surface area (Å²) in [4.78, 5) is 19.3. The normalized spacial score (nSPS) is 28.2. The third-order valence-electron chi connectivity index (χ3n) is 7.71. The molecule has 0 aromatic carbocycles. The fraction of sp³-hybridized carbons (Fsp3) is 0.792. The van der Waals surface area contributed by atoms with Gasteiger partial charge in [0.05, 0.1) is 12.1 Å². The van der Waals surface area contributed by atoms with Crippen LogP contribution in [0.5, 0.6) is 0 Å². The van der Waals surface area contributed by atoms with Crippen molar-refractivity contribution in [3.05, 3.63) is 21.4 Å². The van der Waals surface area contributed by atoms with Gasteiger partial charge in [-0.1, -0.05) is 0 Å². The molecule has 2 saturated carbocycles. The SMILES string of the molecule is Cc1sc(C2CC2NC2CCN(C3CC3)CC2)cc1C(=O)NC1CCN(CC(F)(F)F)CC1. The molecule has 3 heterocycles. The fourth-order valence-corrected chi connectivity index (χ4v) is 6.74. The van der Waals surface area contributed by atoms with Crippen LogP contribution in [-0.4, -0.2) is 78.8 Å². The van der Waals surface area contributed by atoms with E-state index in [0.29, 0.717) is 43.9 Å². The molecule has 2 atom stereocenters. The number of halogens is 3. The lowest BCUT2D eigenvalue weighted by atomic mass is 10.0. The van der Waals surface area contributed by atoms with Gasteiger partial charge in [0, 0.05) is 52.9 Å². The lowest BCUT2D eigenvalue weighted by Gasteiger charge is -2.32. The topological polar surface area (TPSA) is 47.6 Å². The molecule has 2 N–H and O–H groups in total. The molecule has 2 aliphatic heterocycles. The molecule has 184 valence electrons. The third-order valence-corrected chi connectivity index (χ3v) is 8.89. The van der Waals surface area contributed by atoms with Crippen molar-refractivity contribution in [3.63, 3.8) is 0 Å². The monoisotopic (exact) mass is 484 g/mol. The molecule has 0 radical (unpaired) electrons. The smallest absolute Gasteiger partial charge is 0.349 e. The van der Waals surface area contributed by atoms with E-state index in [2.05, 4.69) is 21.6 Å². The molecular formula is C24H35F3N4OS. The van der Waals surface area contributed by atoms with Gasteiger partial charge in [-0.2, -0.15) is 13.2 Å². The highest BCUT2D eigenvalue weighted by Crippen LogP contribution is 2.45. The Hall–Kier alpha value is -1.16. The summed E-state index contributed by atoms with van der Waals surface area (Å²) < 4.78 is 37.7. The number of hydrogen-bond acceptors (Lipinski definition) is 5. The minimum Gasteiger partial charge on any atom is -0.349 e. The number of thiophene rings is 1. The minimum atomic E-state index is -4.16. The summed E-state index contributed by atoms with van der Waals surface area (Å²) in [6, 6.07) is 4.00. The number of nitrogens with zero attached hydrogens (tertiary/aromatic N) is 2. The van der Waals surface area contributed by atoms with Crippen LogP contribution in [0.3, 0.4) is 0 Å². The zero-order valence-corrected chi connectivity index (χ0v) is 20.1. The number of amides is 1. The first-order valence-corrected chi connectivity index (χ1v) is 13.3. The van der Waals surface area contributed by atoms with Gasteiger partial charge in [0.2, 0.25) is 0 Å². The number of aryl methyl sites for hydroxylation is 1. The number of carbonyl (C=O) groups is 1.